The number of ether oxygens (including phenoxy) is 1. The maximum absolute atomic E-state index is 12.2. The van der Waals surface area contributed by atoms with Crippen molar-refractivity contribution in [1.82, 2.24) is 15.5 Å². The van der Waals surface area contributed by atoms with Crippen molar-refractivity contribution in [2.45, 2.75) is 13.3 Å². The lowest BCUT2D eigenvalue weighted by Crippen LogP contribution is -2.26. The predicted molar refractivity (Wildman–Crippen MR) is 78.1 cm³/mol. The van der Waals surface area contributed by atoms with E-state index in [9.17, 15) is 4.79 Å². The molecular weight excluding hydrogens is 317 g/mol. The summed E-state index contributed by atoms with van der Waals surface area (Å²) in [6.45, 7) is 2.03. The molecule has 0 fully saturated rings. The molecule has 8 heteroatoms. The van der Waals surface area contributed by atoms with Crippen LogP contribution in [0.15, 0.2) is 16.5 Å². The van der Waals surface area contributed by atoms with Crippen LogP contribution in [0.4, 0.5) is 0 Å². The van der Waals surface area contributed by atoms with E-state index in [0.29, 0.717) is 29.8 Å². The fourth-order valence-corrected chi connectivity index (χ4v) is 2.22. The fraction of sp³-hybridized carbons (Fsp3) is 0.308. The van der Waals surface area contributed by atoms with Crippen molar-refractivity contribution in [2.75, 3.05) is 13.7 Å². The zero-order valence-corrected chi connectivity index (χ0v) is 13.0. The topological polar surface area (TPSA) is 77.2 Å². The highest BCUT2D eigenvalue weighted by molar-refractivity contribution is 6.37. The SMILES string of the molecule is COc1c(Cl)ccc(Cl)c1C(=O)NCCc1nnc(C)o1. The van der Waals surface area contributed by atoms with Gasteiger partial charge in [-0.15, -0.1) is 10.2 Å². The Morgan fingerprint density at radius 1 is 1.33 bits per heavy atom. The number of nitrogens with zero attached hydrogens (tertiary/aromatic N) is 2. The summed E-state index contributed by atoms with van der Waals surface area (Å²) in [5.74, 6) is 0.804. The number of amides is 1. The second-order valence-electron chi connectivity index (χ2n) is 4.16. The summed E-state index contributed by atoms with van der Waals surface area (Å²) in [6, 6.07) is 3.11. The van der Waals surface area contributed by atoms with Gasteiger partial charge in [0.25, 0.3) is 5.91 Å². The number of rotatable bonds is 5. The van der Waals surface area contributed by atoms with Gasteiger partial charge in [0.15, 0.2) is 5.75 Å². The number of carbonyl (C=O) groups is 1. The molecule has 0 radical (unpaired) electrons. The third-order valence-corrected chi connectivity index (χ3v) is 3.29. The van der Waals surface area contributed by atoms with Gasteiger partial charge >= 0.3 is 0 Å². The highest BCUT2D eigenvalue weighted by atomic mass is 35.5. The highest BCUT2D eigenvalue weighted by Gasteiger charge is 2.19. The van der Waals surface area contributed by atoms with Gasteiger partial charge < -0.3 is 14.5 Å². The predicted octanol–water partition coefficient (Wildman–Crippen LogP) is 2.67. The molecule has 2 aromatic rings. The van der Waals surface area contributed by atoms with Gasteiger partial charge in [-0.05, 0) is 12.1 Å². The number of hydrogen-bond donors (Lipinski definition) is 1. The Kier molecular flexibility index (Phi) is 5.03. The average Bonchev–Trinajstić information content (AvgIpc) is 2.86. The number of aryl methyl sites for hydroxylation is 1. The summed E-state index contributed by atoms with van der Waals surface area (Å²) < 4.78 is 10.3. The molecule has 6 nitrogen and oxygen atoms in total. The highest BCUT2D eigenvalue weighted by Crippen LogP contribution is 2.33. The van der Waals surface area contributed by atoms with Gasteiger partial charge in [-0.1, -0.05) is 23.2 Å². The fourth-order valence-electron chi connectivity index (χ4n) is 1.75. The van der Waals surface area contributed by atoms with Crippen molar-refractivity contribution in [1.29, 1.82) is 0 Å². The third kappa shape index (κ3) is 3.65. The maximum atomic E-state index is 12.2. The second kappa shape index (κ2) is 6.78. The lowest BCUT2D eigenvalue weighted by Gasteiger charge is -2.11. The number of halogens is 2. The molecule has 1 N–H and O–H groups in total. The summed E-state index contributed by atoms with van der Waals surface area (Å²) >= 11 is 12.0. The van der Waals surface area contributed by atoms with Crippen molar-refractivity contribution in [3.05, 3.63) is 39.5 Å². The lowest BCUT2D eigenvalue weighted by atomic mass is 10.2. The zero-order valence-electron chi connectivity index (χ0n) is 11.4. The largest absolute Gasteiger partial charge is 0.494 e. The van der Waals surface area contributed by atoms with Crippen LogP contribution >= 0.6 is 23.2 Å². The summed E-state index contributed by atoms with van der Waals surface area (Å²) in [7, 11) is 1.43. The molecule has 0 unspecified atom stereocenters. The standard InChI is InChI=1S/C13H13Cl2N3O3/c1-7-17-18-10(21-7)5-6-16-13(19)11-8(14)3-4-9(15)12(11)20-2/h3-4H,5-6H2,1-2H3,(H,16,19). The van der Waals surface area contributed by atoms with Crippen LogP contribution in [-0.4, -0.2) is 29.8 Å². The Bertz CT molecular complexity index is 658. The van der Waals surface area contributed by atoms with Crippen LogP contribution in [0.5, 0.6) is 5.75 Å². The van der Waals surface area contributed by atoms with Gasteiger partial charge in [0.1, 0.15) is 5.56 Å². The number of nitrogens with one attached hydrogen (secondary N) is 1. The van der Waals surface area contributed by atoms with Crippen molar-refractivity contribution in [2.24, 2.45) is 0 Å². The smallest absolute Gasteiger partial charge is 0.256 e. The van der Waals surface area contributed by atoms with Crippen molar-refractivity contribution >= 4 is 29.1 Å². The van der Waals surface area contributed by atoms with Gasteiger partial charge in [0.05, 0.1) is 17.2 Å². The Labute approximate surface area is 131 Å². The first-order chi connectivity index (χ1) is 10.0. The molecule has 1 aromatic carbocycles. The van der Waals surface area contributed by atoms with E-state index in [0.717, 1.165) is 0 Å². The molecule has 0 atom stereocenters. The van der Waals surface area contributed by atoms with E-state index >= 15 is 0 Å². The molecule has 0 saturated heterocycles. The van der Waals surface area contributed by atoms with Crippen LogP contribution in [0.25, 0.3) is 0 Å². The molecule has 1 heterocycles. The van der Waals surface area contributed by atoms with Crippen LogP contribution in [-0.2, 0) is 6.42 Å². The molecule has 0 bridgehead atoms. The van der Waals surface area contributed by atoms with E-state index in [1.54, 1.807) is 19.1 Å². The minimum atomic E-state index is -0.379. The molecule has 21 heavy (non-hydrogen) atoms. The second-order valence-corrected chi connectivity index (χ2v) is 4.97. The molecular formula is C13H13Cl2N3O3. The van der Waals surface area contributed by atoms with Crippen LogP contribution < -0.4 is 10.1 Å². The lowest BCUT2D eigenvalue weighted by molar-refractivity contribution is 0.0950. The van der Waals surface area contributed by atoms with Crippen LogP contribution in [0.1, 0.15) is 22.1 Å². The number of hydrogen-bond acceptors (Lipinski definition) is 5. The van der Waals surface area contributed by atoms with Gasteiger partial charge in [-0.2, -0.15) is 0 Å². The summed E-state index contributed by atoms with van der Waals surface area (Å²) in [4.78, 5) is 12.2. The first kappa shape index (κ1) is 15.6. The van der Waals surface area contributed by atoms with E-state index in [-0.39, 0.29) is 22.2 Å². The molecule has 0 aliphatic carbocycles. The van der Waals surface area contributed by atoms with Gasteiger partial charge in [0, 0.05) is 19.9 Å². The number of benzene rings is 1. The molecule has 0 saturated carbocycles. The van der Waals surface area contributed by atoms with E-state index in [1.807, 2.05) is 0 Å². The number of methoxy groups -OCH3 is 1. The quantitative estimate of drug-likeness (QED) is 0.912. The maximum Gasteiger partial charge on any atom is 0.256 e. The zero-order chi connectivity index (χ0) is 15.4. The molecule has 1 amide bonds. The van der Waals surface area contributed by atoms with E-state index in [2.05, 4.69) is 15.5 Å². The minimum absolute atomic E-state index is 0.202. The van der Waals surface area contributed by atoms with Crippen LogP contribution in [0, 0.1) is 6.92 Å². The summed E-state index contributed by atoms with van der Waals surface area (Å²) in [5.41, 5.74) is 0.202. The summed E-state index contributed by atoms with van der Waals surface area (Å²) in [5, 5.41) is 10.8. The van der Waals surface area contributed by atoms with E-state index in [1.165, 1.54) is 7.11 Å². The Balaban J connectivity index is 2.05. The average molecular weight is 330 g/mol. The van der Waals surface area contributed by atoms with Crippen LogP contribution in [0.2, 0.25) is 10.0 Å². The van der Waals surface area contributed by atoms with Gasteiger partial charge in [-0.25, -0.2) is 0 Å². The molecule has 0 aliphatic rings. The number of aromatic nitrogens is 2. The van der Waals surface area contributed by atoms with Crippen LogP contribution in [0.3, 0.4) is 0 Å². The van der Waals surface area contributed by atoms with E-state index < -0.39 is 0 Å². The van der Waals surface area contributed by atoms with Gasteiger partial charge in [0.2, 0.25) is 11.8 Å². The molecule has 0 spiro atoms. The third-order valence-electron chi connectivity index (χ3n) is 2.68. The number of carbonyl (C=O) groups excluding carboxylic acids is 1. The van der Waals surface area contributed by atoms with Crippen molar-refractivity contribution < 1.29 is 13.9 Å². The monoisotopic (exact) mass is 329 g/mol. The normalized spacial score (nSPS) is 10.5. The van der Waals surface area contributed by atoms with E-state index in [4.69, 9.17) is 32.4 Å². The molecule has 112 valence electrons. The summed E-state index contributed by atoms with van der Waals surface area (Å²) in [6.07, 6.45) is 0.424. The van der Waals surface area contributed by atoms with Crippen molar-refractivity contribution in [3.63, 3.8) is 0 Å². The van der Waals surface area contributed by atoms with Gasteiger partial charge in [-0.3, -0.25) is 4.79 Å². The Morgan fingerprint density at radius 3 is 2.67 bits per heavy atom. The van der Waals surface area contributed by atoms with Crippen molar-refractivity contribution in [3.8, 4) is 5.75 Å². The first-order valence-corrected chi connectivity index (χ1v) is 6.87. The first-order valence-electron chi connectivity index (χ1n) is 6.12. The Hall–Kier alpha value is -1.79. The Morgan fingerprint density at radius 2 is 2.05 bits per heavy atom. The molecule has 2 rings (SSSR count). The minimum Gasteiger partial charge on any atom is -0.494 e. The molecule has 0 aliphatic heterocycles. The molecule has 1 aromatic heterocycles.